The van der Waals surface area contributed by atoms with Crippen molar-refractivity contribution in [2.45, 2.75) is 38.5 Å². The highest BCUT2D eigenvalue weighted by atomic mass is 16.4. The molecular weight excluding hydrogens is 372 g/mol. The smallest absolute Gasteiger partial charge is 0.204 e. The van der Waals surface area contributed by atoms with Crippen molar-refractivity contribution in [3.63, 3.8) is 0 Å². The van der Waals surface area contributed by atoms with Gasteiger partial charge >= 0.3 is 0 Å². The molecule has 1 heterocycles. The molecule has 4 N–H and O–H groups in total. The lowest BCUT2D eigenvalue weighted by molar-refractivity contribution is 0.390. The molecule has 0 fully saturated rings. The number of allylic oxidation sites excluding steroid dienone is 2. The van der Waals surface area contributed by atoms with E-state index in [0.717, 1.165) is 0 Å². The Balaban J connectivity index is 2.63. The first-order chi connectivity index (χ1) is 13.4. The zero-order chi connectivity index (χ0) is 21.9. The Morgan fingerprint density at radius 1 is 0.828 bits per heavy atom. The van der Waals surface area contributed by atoms with Gasteiger partial charge < -0.3 is 24.8 Å². The van der Waals surface area contributed by atoms with Crippen molar-refractivity contribution in [3.8, 4) is 23.0 Å². The second-order valence-electron chi connectivity index (χ2n) is 8.28. The van der Waals surface area contributed by atoms with E-state index >= 15 is 0 Å². The van der Waals surface area contributed by atoms with Gasteiger partial charge in [-0.2, -0.15) is 0 Å². The van der Waals surface area contributed by atoms with E-state index in [0.29, 0.717) is 5.56 Å². The Bertz CT molecular complexity index is 1240. The summed E-state index contributed by atoms with van der Waals surface area (Å²) in [4.78, 5) is 13.3. The fraction of sp³-hybridized carbons (Fsp3) is 0.261. The maximum atomic E-state index is 13.3. The third-order valence-corrected chi connectivity index (χ3v) is 5.54. The van der Waals surface area contributed by atoms with Crippen LogP contribution in [0.25, 0.3) is 21.9 Å². The van der Waals surface area contributed by atoms with Crippen molar-refractivity contribution < 1.29 is 24.8 Å². The van der Waals surface area contributed by atoms with Gasteiger partial charge in [0.05, 0.1) is 5.39 Å². The van der Waals surface area contributed by atoms with Crippen LogP contribution < -0.4 is 5.43 Å². The summed E-state index contributed by atoms with van der Waals surface area (Å²) >= 11 is 0. The lowest BCUT2D eigenvalue weighted by Crippen LogP contribution is -2.16. The van der Waals surface area contributed by atoms with Crippen molar-refractivity contribution >= 4 is 21.9 Å². The van der Waals surface area contributed by atoms with Gasteiger partial charge in [-0.25, -0.2) is 0 Å². The standard InChI is InChI=1S/C23H24O6/c1-7-22(3,4)12-9-11-16(25)15-18(27)14(24)10-13(23(5,6)8-2)21(15)29-20(11)19(28)17(12)26/h7-10,24,26-28H,1-2H2,3-6H3. The summed E-state index contributed by atoms with van der Waals surface area (Å²) < 4.78 is 5.84. The highest BCUT2D eigenvalue weighted by Crippen LogP contribution is 2.46. The monoisotopic (exact) mass is 396 g/mol. The average Bonchev–Trinajstić information content (AvgIpc) is 2.67. The fourth-order valence-electron chi connectivity index (χ4n) is 3.30. The van der Waals surface area contributed by atoms with Gasteiger partial charge in [-0.3, -0.25) is 4.79 Å². The molecule has 29 heavy (non-hydrogen) atoms. The topological polar surface area (TPSA) is 111 Å². The van der Waals surface area contributed by atoms with Crippen LogP contribution in [-0.2, 0) is 10.8 Å². The molecule has 0 amide bonds. The number of aromatic hydroxyl groups is 4. The molecule has 0 aliphatic rings. The van der Waals surface area contributed by atoms with Crippen molar-refractivity contribution in [1.29, 1.82) is 0 Å². The van der Waals surface area contributed by atoms with Gasteiger partial charge in [-0.1, -0.05) is 39.8 Å². The second kappa shape index (κ2) is 6.30. The summed E-state index contributed by atoms with van der Waals surface area (Å²) in [6, 6.07) is 2.69. The molecule has 3 aromatic rings. The number of fused-ring (bicyclic) bond motifs is 2. The van der Waals surface area contributed by atoms with Gasteiger partial charge in [0.2, 0.25) is 11.2 Å². The normalized spacial score (nSPS) is 12.4. The average molecular weight is 396 g/mol. The van der Waals surface area contributed by atoms with Gasteiger partial charge in [0.25, 0.3) is 0 Å². The zero-order valence-electron chi connectivity index (χ0n) is 16.8. The van der Waals surface area contributed by atoms with Crippen LogP contribution in [0, 0.1) is 0 Å². The first-order valence-corrected chi connectivity index (χ1v) is 9.06. The number of rotatable bonds is 4. The number of phenolic OH excluding ortho intramolecular Hbond substituents is 4. The maximum absolute atomic E-state index is 13.3. The number of hydrogen-bond donors (Lipinski definition) is 4. The first-order valence-electron chi connectivity index (χ1n) is 9.06. The quantitative estimate of drug-likeness (QED) is 0.289. The van der Waals surface area contributed by atoms with Crippen LogP contribution in [0.3, 0.4) is 0 Å². The number of benzene rings is 2. The van der Waals surface area contributed by atoms with Crippen LogP contribution in [0.2, 0.25) is 0 Å². The molecule has 0 radical (unpaired) electrons. The Labute approximate surface area is 167 Å². The third-order valence-electron chi connectivity index (χ3n) is 5.54. The van der Waals surface area contributed by atoms with E-state index in [1.165, 1.54) is 12.1 Å². The Kier molecular flexibility index (Phi) is 4.42. The summed E-state index contributed by atoms with van der Waals surface area (Å²) in [6.07, 6.45) is 3.18. The third kappa shape index (κ3) is 2.83. The maximum Gasteiger partial charge on any atom is 0.204 e. The summed E-state index contributed by atoms with van der Waals surface area (Å²) in [5.41, 5.74) is -1.68. The molecule has 152 valence electrons. The molecule has 0 atom stereocenters. The van der Waals surface area contributed by atoms with Gasteiger partial charge in [0.1, 0.15) is 11.0 Å². The summed E-state index contributed by atoms with van der Waals surface area (Å²) in [5.74, 6) is -2.08. The Morgan fingerprint density at radius 2 is 1.38 bits per heavy atom. The van der Waals surface area contributed by atoms with E-state index in [4.69, 9.17) is 4.42 Å². The molecule has 2 aromatic carbocycles. The molecule has 0 saturated heterocycles. The van der Waals surface area contributed by atoms with E-state index in [1.54, 1.807) is 39.8 Å². The van der Waals surface area contributed by atoms with Crippen molar-refractivity contribution in [1.82, 2.24) is 0 Å². The van der Waals surface area contributed by atoms with E-state index in [9.17, 15) is 25.2 Å². The van der Waals surface area contributed by atoms with E-state index < -0.39 is 39.3 Å². The summed E-state index contributed by atoms with van der Waals surface area (Å²) in [7, 11) is 0. The van der Waals surface area contributed by atoms with Gasteiger partial charge in [-0.15, -0.1) is 13.2 Å². The highest BCUT2D eigenvalue weighted by Gasteiger charge is 2.30. The van der Waals surface area contributed by atoms with Crippen molar-refractivity contribution in [2.24, 2.45) is 0 Å². The lowest BCUT2D eigenvalue weighted by atomic mass is 9.82. The molecule has 1 aromatic heterocycles. The van der Waals surface area contributed by atoms with Crippen LogP contribution in [0.5, 0.6) is 23.0 Å². The van der Waals surface area contributed by atoms with Crippen LogP contribution in [0.1, 0.15) is 38.8 Å². The Hall–Kier alpha value is -3.41. The molecule has 0 unspecified atom stereocenters. The van der Waals surface area contributed by atoms with Crippen molar-refractivity contribution in [2.75, 3.05) is 0 Å². The molecule has 0 aliphatic heterocycles. The molecular formula is C23H24O6. The molecule has 0 spiro atoms. The molecule has 0 bridgehead atoms. The predicted octanol–water partition coefficient (Wildman–Crippen LogP) is 4.70. The SMILES string of the molecule is C=CC(C)(C)c1cc2c(=O)c3c(O)c(O)cc(C(C)(C)C=C)c3oc2c(O)c1O. The van der Waals surface area contributed by atoms with Gasteiger partial charge in [0.15, 0.2) is 22.8 Å². The zero-order valence-corrected chi connectivity index (χ0v) is 16.8. The minimum Gasteiger partial charge on any atom is -0.504 e. The minimum atomic E-state index is -0.756. The molecule has 3 rings (SSSR count). The largest absolute Gasteiger partial charge is 0.504 e. The second-order valence-corrected chi connectivity index (χ2v) is 8.28. The molecule has 0 saturated carbocycles. The van der Waals surface area contributed by atoms with E-state index in [2.05, 4.69) is 13.2 Å². The molecule has 6 heteroatoms. The van der Waals surface area contributed by atoms with Crippen LogP contribution >= 0.6 is 0 Å². The Morgan fingerprint density at radius 3 is 1.93 bits per heavy atom. The van der Waals surface area contributed by atoms with Crippen LogP contribution in [-0.4, -0.2) is 20.4 Å². The van der Waals surface area contributed by atoms with Crippen LogP contribution in [0.4, 0.5) is 0 Å². The van der Waals surface area contributed by atoms with Gasteiger partial charge in [0, 0.05) is 22.0 Å². The molecule has 6 nitrogen and oxygen atoms in total. The summed E-state index contributed by atoms with van der Waals surface area (Å²) in [6.45, 7) is 14.6. The summed E-state index contributed by atoms with van der Waals surface area (Å²) in [5, 5.41) is 41.5. The predicted molar refractivity (Wildman–Crippen MR) is 113 cm³/mol. The number of hydrogen-bond acceptors (Lipinski definition) is 6. The van der Waals surface area contributed by atoms with Crippen molar-refractivity contribution in [3.05, 3.63) is 58.8 Å². The van der Waals surface area contributed by atoms with Crippen LogP contribution in [0.15, 0.2) is 46.7 Å². The minimum absolute atomic E-state index is 0.00636. The lowest BCUT2D eigenvalue weighted by Gasteiger charge is -2.24. The van der Waals surface area contributed by atoms with Gasteiger partial charge in [-0.05, 0) is 12.1 Å². The molecule has 0 aliphatic carbocycles. The van der Waals surface area contributed by atoms with E-state index in [-0.39, 0.29) is 27.5 Å². The first kappa shape index (κ1) is 20.3. The fourth-order valence-corrected chi connectivity index (χ4v) is 3.30. The van der Waals surface area contributed by atoms with E-state index in [1.807, 2.05) is 0 Å². The number of phenols is 4. The highest BCUT2D eigenvalue weighted by molar-refractivity contribution is 5.99.